The van der Waals surface area contributed by atoms with Crippen LogP contribution in [0.5, 0.6) is 5.75 Å². The minimum atomic E-state index is -3.70. The Kier molecular flexibility index (Phi) is 5.43. The summed E-state index contributed by atoms with van der Waals surface area (Å²) in [6, 6.07) is 12.6. The maximum Gasteiger partial charge on any atom is 0.262 e. The number of anilines is 1. The highest BCUT2D eigenvalue weighted by atomic mass is 32.2. The molecule has 26 heavy (non-hydrogen) atoms. The van der Waals surface area contributed by atoms with Crippen LogP contribution in [0.2, 0.25) is 0 Å². The summed E-state index contributed by atoms with van der Waals surface area (Å²) in [6.07, 6.45) is 0. The largest absolute Gasteiger partial charge is 0.495 e. The van der Waals surface area contributed by atoms with Crippen LogP contribution in [0.15, 0.2) is 47.4 Å². The van der Waals surface area contributed by atoms with Gasteiger partial charge in [-0.2, -0.15) is 0 Å². The molecule has 0 aliphatic rings. The van der Waals surface area contributed by atoms with E-state index in [1.54, 1.807) is 18.2 Å². The lowest BCUT2D eigenvalue weighted by Gasteiger charge is -2.22. The molecule has 0 aliphatic heterocycles. The summed E-state index contributed by atoms with van der Waals surface area (Å²) in [6.45, 7) is 12.5. The van der Waals surface area contributed by atoms with Crippen molar-refractivity contribution < 1.29 is 13.2 Å². The first-order chi connectivity index (χ1) is 11.8. The van der Waals surface area contributed by atoms with E-state index in [1.807, 2.05) is 24.3 Å². The van der Waals surface area contributed by atoms with Gasteiger partial charge in [-0.05, 0) is 46.2 Å². The summed E-state index contributed by atoms with van der Waals surface area (Å²) in [5.41, 5.74) is 2.43. The molecule has 2 aromatic carbocycles. The number of rotatable bonds is 4. The van der Waals surface area contributed by atoms with E-state index in [0.717, 1.165) is 11.1 Å². The zero-order chi connectivity index (χ0) is 19.8. The Hall–Kier alpha value is -2.01. The van der Waals surface area contributed by atoms with Crippen LogP contribution in [0, 0.1) is 0 Å². The van der Waals surface area contributed by atoms with E-state index in [-0.39, 0.29) is 15.7 Å². The van der Waals surface area contributed by atoms with Crippen molar-refractivity contribution in [3.8, 4) is 5.75 Å². The van der Waals surface area contributed by atoms with Gasteiger partial charge in [0.15, 0.2) is 0 Å². The predicted octanol–water partition coefficient (Wildman–Crippen LogP) is 5.09. The number of benzene rings is 2. The predicted molar refractivity (Wildman–Crippen MR) is 108 cm³/mol. The molecule has 0 atom stereocenters. The average molecular weight is 376 g/mol. The molecule has 2 aromatic rings. The van der Waals surface area contributed by atoms with Crippen molar-refractivity contribution in [3.05, 3.63) is 53.6 Å². The fourth-order valence-electron chi connectivity index (χ4n) is 2.59. The molecule has 0 heterocycles. The van der Waals surface area contributed by atoms with Crippen LogP contribution in [0.25, 0.3) is 0 Å². The second kappa shape index (κ2) is 6.95. The third kappa shape index (κ3) is 4.58. The number of ether oxygens (including phenoxy) is 1. The van der Waals surface area contributed by atoms with Gasteiger partial charge >= 0.3 is 0 Å². The van der Waals surface area contributed by atoms with Gasteiger partial charge in [0.05, 0.1) is 17.7 Å². The third-order valence-electron chi connectivity index (χ3n) is 4.34. The van der Waals surface area contributed by atoms with Crippen LogP contribution in [0.4, 0.5) is 5.69 Å². The number of methoxy groups -OCH3 is 1. The molecule has 1 N–H and O–H groups in total. The zero-order valence-electron chi connectivity index (χ0n) is 16.7. The molecule has 0 unspecified atom stereocenters. The van der Waals surface area contributed by atoms with Crippen LogP contribution in [-0.2, 0) is 20.9 Å². The maximum atomic E-state index is 12.8. The van der Waals surface area contributed by atoms with Crippen LogP contribution in [-0.4, -0.2) is 15.5 Å². The minimum absolute atomic E-state index is 0.0278. The van der Waals surface area contributed by atoms with E-state index in [9.17, 15) is 8.42 Å². The Bertz CT molecular complexity index is 871. The van der Waals surface area contributed by atoms with E-state index in [4.69, 9.17) is 4.74 Å². The van der Waals surface area contributed by atoms with Crippen molar-refractivity contribution in [2.45, 2.75) is 57.3 Å². The summed E-state index contributed by atoms with van der Waals surface area (Å²) < 4.78 is 33.7. The molecule has 0 radical (unpaired) electrons. The van der Waals surface area contributed by atoms with Gasteiger partial charge in [-0.15, -0.1) is 0 Å². The second-order valence-electron chi connectivity index (χ2n) is 8.54. The van der Waals surface area contributed by atoms with Crippen LogP contribution < -0.4 is 9.46 Å². The van der Waals surface area contributed by atoms with Gasteiger partial charge in [-0.25, -0.2) is 8.42 Å². The summed E-state index contributed by atoms with van der Waals surface area (Å²) in [7, 11) is -2.17. The molecule has 4 nitrogen and oxygen atoms in total. The quantitative estimate of drug-likeness (QED) is 0.810. The van der Waals surface area contributed by atoms with Crippen molar-refractivity contribution in [1.82, 2.24) is 0 Å². The summed E-state index contributed by atoms with van der Waals surface area (Å²) in [4.78, 5) is 0.230. The number of hydrogen-bond acceptors (Lipinski definition) is 3. The molecule has 0 fully saturated rings. The first-order valence-electron chi connectivity index (χ1n) is 8.66. The average Bonchev–Trinajstić information content (AvgIpc) is 2.53. The lowest BCUT2D eigenvalue weighted by atomic mass is 9.87. The lowest BCUT2D eigenvalue weighted by Crippen LogP contribution is -2.17. The summed E-state index contributed by atoms with van der Waals surface area (Å²) >= 11 is 0. The lowest BCUT2D eigenvalue weighted by molar-refractivity contribution is 0.416. The van der Waals surface area contributed by atoms with Crippen LogP contribution >= 0.6 is 0 Å². The molecular formula is C21H29NO3S. The Morgan fingerprint density at radius 2 is 1.31 bits per heavy atom. The fourth-order valence-corrected chi connectivity index (χ4v) is 3.65. The second-order valence-corrected chi connectivity index (χ2v) is 10.2. The molecule has 5 heteroatoms. The summed E-state index contributed by atoms with van der Waals surface area (Å²) in [5, 5.41) is 0. The highest BCUT2D eigenvalue weighted by molar-refractivity contribution is 7.92. The molecule has 0 aliphatic carbocycles. The Balaban J connectivity index is 2.40. The molecule has 142 valence electrons. The van der Waals surface area contributed by atoms with E-state index >= 15 is 0 Å². The van der Waals surface area contributed by atoms with Crippen molar-refractivity contribution in [2.24, 2.45) is 0 Å². The highest BCUT2D eigenvalue weighted by Crippen LogP contribution is 2.33. The van der Waals surface area contributed by atoms with Crippen molar-refractivity contribution in [1.29, 1.82) is 0 Å². The minimum Gasteiger partial charge on any atom is -0.495 e. The molecule has 0 amide bonds. The zero-order valence-corrected chi connectivity index (χ0v) is 17.5. The normalized spacial score (nSPS) is 12.7. The van der Waals surface area contributed by atoms with Gasteiger partial charge in [0.25, 0.3) is 10.0 Å². The van der Waals surface area contributed by atoms with Crippen molar-refractivity contribution >= 4 is 15.7 Å². The van der Waals surface area contributed by atoms with Gasteiger partial charge in [0.1, 0.15) is 5.75 Å². The van der Waals surface area contributed by atoms with E-state index in [1.165, 1.54) is 7.11 Å². The van der Waals surface area contributed by atoms with Crippen LogP contribution in [0.3, 0.4) is 0 Å². The maximum absolute atomic E-state index is 12.8. The van der Waals surface area contributed by atoms with Gasteiger partial charge < -0.3 is 4.74 Å². The molecule has 0 saturated heterocycles. The molecule has 2 rings (SSSR count). The first kappa shape index (κ1) is 20.3. The topological polar surface area (TPSA) is 55.4 Å². The van der Waals surface area contributed by atoms with Crippen LogP contribution in [0.1, 0.15) is 52.7 Å². The van der Waals surface area contributed by atoms with Gasteiger partial charge in [-0.3, -0.25) is 4.72 Å². The smallest absolute Gasteiger partial charge is 0.262 e. The molecule has 0 spiro atoms. The van der Waals surface area contributed by atoms with Gasteiger partial charge in [0, 0.05) is 0 Å². The summed E-state index contributed by atoms with van der Waals surface area (Å²) in [5.74, 6) is 0.493. The van der Waals surface area contributed by atoms with Gasteiger partial charge in [-0.1, -0.05) is 59.7 Å². The van der Waals surface area contributed by atoms with E-state index in [2.05, 4.69) is 46.3 Å². The fraction of sp³-hybridized carbons (Fsp3) is 0.429. The third-order valence-corrected chi connectivity index (χ3v) is 5.72. The highest BCUT2D eigenvalue weighted by Gasteiger charge is 2.21. The standard InChI is InChI=1S/C21H29NO3S/c1-20(2,3)15-8-11-17(12-9-15)26(23,24)22-18-14-16(21(4,5)6)10-13-19(18)25-7/h8-14,22H,1-7H3. The Labute approximate surface area is 157 Å². The first-order valence-corrected chi connectivity index (χ1v) is 10.1. The monoisotopic (exact) mass is 375 g/mol. The Morgan fingerprint density at radius 1 is 0.808 bits per heavy atom. The number of hydrogen-bond donors (Lipinski definition) is 1. The molecule has 0 bridgehead atoms. The SMILES string of the molecule is COc1ccc(C(C)(C)C)cc1NS(=O)(=O)c1ccc(C(C)(C)C)cc1. The number of sulfonamides is 1. The van der Waals surface area contributed by atoms with Crippen molar-refractivity contribution in [3.63, 3.8) is 0 Å². The molecular weight excluding hydrogens is 346 g/mol. The Morgan fingerprint density at radius 3 is 1.77 bits per heavy atom. The molecule has 0 aromatic heterocycles. The molecule has 0 saturated carbocycles. The van der Waals surface area contributed by atoms with Crippen molar-refractivity contribution in [2.75, 3.05) is 11.8 Å². The van der Waals surface area contributed by atoms with E-state index < -0.39 is 10.0 Å². The van der Waals surface area contributed by atoms with Gasteiger partial charge in [0.2, 0.25) is 0 Å². The van der Waals surface area contributed by atoms with E-state index in [0.29, 0.717) is 11.4 Å². The number of nitrogens with one attached hydrogen (secondary N) is 1.